The van der Waals surface area contributed by atoms with Crippen LogP contribution < -0.4 is 15.5 Å². The minimum Gasteiger partial charge on any atom is -0.491 e. The lowest BCUT2D eigenvalue weighted by molar-refractivity contribution is -0.124. The maximum Gasteiger partial charge on any atom is 0.412 e. The quantitative estimate of drug-likeness (QED) is 0.198. The Bertz CT molecular complexity index is 931. The van der Waals surface area contributed by atoms with Gasteiger partial charge in [0, 0.05) is 23.9 Å². The van der Waals surface area contributed by atoms with Gasteiger partial charge < -0.3 is 19.3 Å². The second-order valence-corrected chi connectivity index (χ2v) is 7.38. The summed E-state index contributed by atoms with van der Waals surface area (Å²) in [5.74, 6) is -0.175. The molecular formula is C25H32N2O7. The third-order valence-corrected chi connectivity index (χ3v) is 4.82. The Kier molecular flexibility index (Phi) is 11.6. The Morgan fingerprint density at radius 3 is 2.53 bits per heavy atom. The molecule has 0 aliphatic carbocycles. The SMILES string of the molecule is CCO[C@@H](CC/C=C/C(=O)NO)[C@@H](OC(=O)Nc1ccc(C)cc1)c1ccccc1OCCO. The zero-order valence-corrected chi connectivity index (χ0v) is 19.4. The number of allylic oxidation sites excluding steroid dienone is 1. The van der Waals surface area contributed by atoms with Gasteiger partial charge in [-0.25, -0.2) is 10.3 Å². The lowest BCUT2D eigenvalue weighted by Crippen LogP contribution is -2.29. The Hall–Kier alpha value is -3.40. The number of nitrogens with one attached hydrogen (secondary N) is 2. The van der Waals surface area contributed by atoms with Gasteiger partial charge >= 0.3 is 6.09 Å². The van der Waals surface area contributed by atoms with E-state index in [1.54, 1.807) is 42.5 Å². The average molecular weight is 473 g/mol. The first-order valence-corrected chi connectivity index (χ1v) is 11.1. The van der Waals surface area contributed by atoms with E-state index in [0.717, 1.165) is 5.56 Å². The van der Waals surface area contributed by atoms with Crippen LogP contribution in [0.15, 0.2) is 60.7 Å². The van der Waals surface area contributed by atoms with E-state index in [4.69, 9.17) is 19.4 Å². The highest BCUT2D eigenvalue weighted by molar-refractivity contribution is 5.86. The molecule has 0 fully saturated rings. The number of hydrogen-bond acceptors (Lipinski definition) is 7. The zero-order valence-electron chi connectivity index (χ0n) is 19.4. The lowest BCUT2D eigenvalue weighted by atomic mass is 9.99. The predicted octanol–water partition coefficient (Wildman–Crippen LogP) is 3.90. The number of rotatable bonds is 13. The molecule has 0 aromatic heterocycles. The summed E-state index contributed by atoms with van der Waals surface area (Å²) >= 11 is 0. The molecule has 0 aliphatic rings. The predicted molar refractivity (Wildman–Crippen MR) is 127 cm³/mol. The smallest absolute Gasteiger partial charge is 0.412 e. The van der Waals surface area contributed by atoms with Gasteiger partial charge in [0.25, 0.3) is 5.91 Å². The summed E-state index contributed by atoms with van der Waals surface area (Å²) in [5, 5.41) is 20.5. The highest BCUT2D eigenvalue weighted by Gasteiger charge is 2.30. The van der Waals surface area contributed by atoms with Gasteiger partial charge in [-0.2, -0.15) is 0 Å². The standard InChI is InChI=1S/C25H32N2O7/c1-3-32-22(10-6-7-11-23(29)27-31)24(20-8-4-5-9-21(20)33-17-16-28)34-25(30)26-19-14-12-18(2)13-15-19/h4-5,7-9,11-15,22,24,28,31H,3,6,10,16-17H2,1-2H3,(H,26,30)(H,27,29)/b11-7+/t22-,24-/m0/s1. The number of benzene rings is 2. The van der Waals surface area contributed by atoms with Gasteiger partial charge in [-0.1, -0.05) is 42.0 Å². The minimum atomic E-state index is -0.833. The van der Waals surface area contributed by atoms with Crippen molar-refractivity contribution in [2.24, 2.45) is 0 Å². The van der Waals surface area contributed by atoms with E-state index in [0.29, 0.717) is 36.4 Å². The van der Waals surface area contributed by atoms with Crippen LogP contribution in [0.3, 0.4) is 0 Å². The van der Waals surface area contributed by atoms with E-state index < -0.39 is 24.2 Å². The maximum atomic E-state index is 12.8. The van der Waals surface area contributed by atoms with Crippen LogP contribution in [-0.4, -0.2) is 48.2 Å². The van der Waals surface area contributed by atoms with Crippen molar-refractivity contribution in [1.29, 1.82) is 0 Å². The fourth-order valence-electron chi connectivity index (χ4n) is 3.27. The lowest BCUT2D eigenvalue weighted by Gasteiger charge is -2.28. The van der Waals surface area contributed by atoms with E-state index in [1.807, 2.05) is 26.0 Å². The number of aryl methyl sites for hydroxylation is 1. The fraction of sp³-hybridized carbons (Fsp3) is 0.360. The van der Waals surface area contributed by atoms with Crippen molar-refractivity contribution in [3.05, 3.63) is 71.8 Å². The maximum absolute atomic E-state index is 12.8. The molecule has 9 nitrogen and oxygen atoms in total. The first-order chi connectivity index (χ1) is 16.5. The Morgan fingerprint density at radius 2 is 1.85 bits per heavy atom. The van der Waals surface area contributed by atoms with Gasteiger partial charge in [0.1, 0.15) is 12.4 Å². The van der Waals surface area contributed by atoms with Crippen LogP contribution in [0.2, 0.25) is 0 Å². The van der Waals surface area contributed by atoms with Crippen molar-refractivity contribution in [2.75, 3.05) is 25.1 Å². The van der Waals surface area contributed by atoms with Gasteiger partial charge in [0.15, 0.2) is 6.10 Å². The number of hydrogen-bond donors (Lipinski definition) is 4. The van der Waals surface area contributed by atoms with Crippen LogP contribution >= 0.6 is 0 Å². The molecule has 0 spiro atoms. The van der Waals surface area contributed by atoms with Crippen LogP contribution in [0.25, 0.3) is 0 Å². The summed E-state index contributed by atoms with van der Waals surface area (Å²) in [6.45, 7) is 4.06. The van der Waals surface area contributed by atoms with Crippen LogP contribution in [0.5, 0.6) is 5.75 Å². The van der Waals surface area contributed by atoms with Crippen molar-refractivity contribution in [2.45, 2.75) is 38.9 Å². The first kappa shape index (κ1) is 26.8. The van der Waals surface area contributed by atoms with Gasteiger partial charge in [0.2, 0.25) is 0 Å². The van der Waals surface area contributed by atoms with Gasteiger partial charge in [-0.3, -0.25) is 15.3 Å². The molecule has 0 saturated heterocycles. The molecule has 2 aromatic carbocycles. The highest BCUT2D eigenvalue weighted by atomic mass is 16.6. The second-order valence-electron chi connectivity index (χ2n) is 7.38. The van der Waals surface area contributed by atoms with Crippen molar-refractivity contribution in [1.82, 2.24) is 5.48 Å². The third kappa shape index (κ3) is 8.86. The molecule has 4 N–H and O–H groups in total. The van der Waals surface area contributed by atoms with Crippen molar-refractivity contribution >= 4 is 17.7 Å². The van der Waals surface area contributed by atoms with Crippen LogP contribution in [-0.2, 0) is 14.3 Å². The molecule has 2 aromatic rings. The largest absolute Gasteiger partial charge is 0.491 e. The molecule has 184 valence electrons. The Morgan fingerprint density at radius 1 is 1.12 bits per heavy atom. The molecule has 0 unspecified atom stereocenters. The molecule has 34 heavy (non-hydrogen) atoms. The minimum absolute atomic E-state index is 0.0810. The zero-order chi connectivity index (χ0) is 24.8. The Labute approximate surface area is 199 Å². The number of hydroxylamine groups is 1. The van der Waals surface area contributed by atoms with Crippen LogP contribution in [0.1, 0.15) is 37.0 Å². The number of aliphatic hydroxyl groups is 1. The van der Waals surface area contributed by atoms with Crippen molar-refractivity contribution in [3.8, 4) is 5.75 Å². The summed E-state index contributed by atoms with van der Waals surface area (Å²) in [6, 6.07) is 14.4. The normalized spacial score (nSPS) is 12.7. The molecule has 0 aliphatic heterocycles. The van der Waals surface area contributed by atoms with Gasteiger partial charge in [0.05, 0.1) is 12.7 Å². The number of aliphatic hydroxyl groups excluding tert-OH is 1. The number of amides is 2. The van der Waals surface area contributed by atoms with Gasteiger partial charge in [-0.15, -0.1) is 0 Å². The first-order valence-electron chi connectivity index (χ1n) is 11.1. The summed E-state index contributed by atoms with van der Waals surface area (Å²) < 4.78 is 17.4. The van der Waals surface area contributed by atoms with Crippen molar-refractivity contribution in [3.63, 3.8) is 0 Å². The summed E-state index contributed by atoms with van der Waals surface area (Å²) in [6.07, 6.45) is 1.59. The molecule has 2 amide bonds. The molecule has 0 heterocycles. The van der Waals surface area contributed by atoms with E-state index >= 15 is 0 Å². The number of ether oxygens (including phenoxy) is 3. The monoisotopic (exact) mass is 472 g/mol. The average Bonchev–Trinajstić information content (AvgIpc) is 2.84. The van der Waals surface area contributed by atoms with E-state index in [9.17, 15) is 14.7 Å². The summed E-state index contributed by atoms with van der Waals surface area (Å²) in [5.41, 5.74) is 3.77. The molecule has 0 bridgehead atoms. The van der Waals surface area contributed by atoms with Crippen LogP contribution in [0, 0.1) is 6.92 Å². The van der Waals surface area contributed by atoms with E-state index in [-0.39, 0.29) is 13.2 Å². The second kappa shape index (κ2) is 14.7. The molecule has 0 radical (unpaired) electrons. The van der Waals surface area contributed by atoms with E-state index in [2.05, 4.69) is 5.32 Å². The molecular weight excluding hydrogens is 440 g/mol. The van der Waals surface area contributed by atoms with E-state index in [1.165, 1.54) is 11.6 Å². The number of para-hydroxylation sites is 1. The fourth-order valence-corrected chi connectivity index (χ4v) is 3.27. The summed E-state index contributed by atoms with van der Waals surface area (Å²) in [4.78, 5) is 24.0. The molecule has 0 saturated carbocycles. The molecule has 9 heteroatoms. The number of carbonyl (C=O) groups is 2. The topological polar surface area (TPSA) is 126 Å². The van der Waals surface area contributed by atoms with Gasteiger partial charge in [-0.05, 0) is 44.9 Å². The van der Waals surface area contributed by atoms with Crippen LogP contribution in [0.4, 0.5) is 10.5 Å². The van der Waals surface area contributed by atoms with Crippen molar-refractivity contribution < 1.29 is 34.1 Å². The molecule has 2 atom stereocenters. The highest BCUT2D eigenvalue weighted by Crippen LogP contribution is 2.34. The number of carbonyl (C=O) groups excluding carboxylic acids is 2. The third-order valence-electron chi connectivity index (χ3n) is 4.82. The Balaban J connectivity index is 2.28. The summed E-state index contributed by atoms with van der Waals surface area (Å²) in [7, 11) is 0. The number of anilines is 1. The molecule has 2 rings (SSSR count).